The van der Waals surface area contributed by atoms with Gasteiger partial charge in [0.15, 0.2) is 0 Å². The van der Waals surface area contributed by atoms with Gasteiger partial charge >= 0.3 is 5.97 Å². The molecule has 0 unspecified atom stereocenters. The van der Waals surface area contributed by atoms with Crippen molar-refractivity contribution in [1.82, 2.24) is 15.5 Å². The largest absolute Gasteiger partial charge is 0.481 e. The summed E-state index contributed by atoms with van der Waals surface area (Å²) in [7, 11) is 0. The maximum Gasteiger partial charge on any atom is 0.305 e. The normalized spacial score (nSPS) is 22.8. The summed E-state index contributed by atoms with van der Waals surface area (Å²) in [6.45, 7) is 3.58. The minimum atomic E-state index is -1.22. The van der Waals surface area contributed by atoms with E-state index >= 15 is 0 Å². The molecule has 5 N–H and O–H groups in total. The van der Waals surface area contributed by atoms with Crippen LogP contribution in [-0.4, -0.2) is 64.2 Å². The van der Waals surface area contributed by atoms with Crippen molar-refractivity contribution in [3.8, 4) is 0 Å². The summed E-state index contributed by atoms with van der Waals surface area (Å²) in [5.41, 5.74) is 6.28. The predicted octanol–water partition coefficient (Wildman–Crippen LogP) is 1.21. The predicted molar refractivity (Wildman–Crippen MR) is 124 cm³/mol. The Morgan fingerprint density at radius 3 is 2.53 bits per heavy atom. The number of nitrogens with two attached hydrogens (primary N) is 1. The van der Waals surface area contributed by atoms with E-state index in [0.717, 1.165) is 12.8 Å². The molecule has 1 aliphatic carbocycles. The Hall–Kier alpha value is -3.14. The zero-order valence-electron chi connectivity index (χ0n) is 19.0. The second-order valence-corrected chi connectivity index (χ2v) is 9.60. The van der Waals surface area contributed by atoms with Crippen LogP contribution in [0.4, 0.5) is 5.69 Å². The van der Waals surface area contributed by atoms with E-state index in [1.165, 1.54) is 23.1 Å². The lowest BCUT2D eigenvalue weighted by Gasteiger charge is -2.38. The van der Waals surface area contributed by atoms with E-state index < -0.39 is 48.2 Å². The molecule has 0 radical (unpaired) electrons. The molecule has 2 bridgehead atoms. The summed E-state index contributed by atoms with van der Waals surface area (Å²) >= 11 is 6.02. The molecule has 1 aliphatic heterocycles. The van der Waals surface area contributed by atoms with Crippen LogP contribution in [0.3, 0.4) is 0 Å². The summed E-state index contributed by atoms with van der Waals surface area (Å²) in [6, 6.07) is 1.36. The SMILES string of the molecule is CC(C)[C@H](NC(=O)c1ccc(N)c(Cl)c1)C(=O)N1[C@H]2CC[C@@H](C2)[C@H]1C(=O)N[C@H](C=O)CC(=O)O. The van der Waals surface area contributed by atoms with E-state index in [-0.39, 0.29) is 28.5 Å². The third-order valence-corrected chi connectivity index (χ3v) is 6.80. The number of halogens is 1. The molecule has 2 fully saturated rings. The van der Waals surface area contributed by atoms with Crippen molar-refractivity contribution in [3.63, 3.8) is 0 Å². The van der Waals surface area contributed by atoms with Crippen LogP contribution in [0, 0.1) is 11.8 Å². The van der Waals surface area contributed by atoms with E-state index in [2.05, 4.69) is 10.6 Å². The summed E-state index contributed by atoms with van der Waals surface area (Å²) in [6.07, 6.45) is 1.96. The van der Waals surface area contributed by atoms with Crippen molar-refractivity contribution in [2.45, 2.75) is 63.7 Å². The number of amides is 3. The number of benzene rings is 1. The summed E-state index contributed by atoms with van der Waals surface area (Å²) < 4.78 is 0. The first kappa shape index (κ1) is 25.5. The average Bonchev–Trinajstić information content (AvgIpc) is 3.39. The van der Waals surface area contributed by atoms with Crippen molar-refractivity contribution in [1.29, 1.82) is 0 Å². The Balaban J connectivity index is 1.80. The van der Waals surface area contributed by atoms with Gasteiger partial charge in [-0.1, -0.05) is 25.4 Å². The molecule has 34 heavy (non-hydrogen) atoms. The number of nitrogens with zero attached hydrogens (tertiary/aromatic N) is 1. The van der Waals surface area contributed by atoms with Crippen molar-refractivity contribution >= 4 is 47.3 Å². The molecule has 0 aromatic heterocycles. The highest BCUT2D eigenvalue weighted by Crippen LogP contribution is 2.43. The highest BCUT2D eigenvalue weighted by molar-refractivity contribution is 6.33. The number of hydrogen-bond acceptors (Lipinski definition) is 6. The smallest absolute Gasteiger partial charge is 0.305 e. The number of anilines is 1. The van der Waals surface area contributed by atoms with Crippen molar-refractivity contribution < 1.29 is 29.1 Å². The number of carboxylic acid groups (broad SMARTS) is 1. The van der Waals surface area contributed by atoms with Crippen LogP contribution in [0.25, 0.3) is 0 Å². The van der Waals surface area contributed by atoms with Crippen LogP contribution in [0.2, 0.25) is 5.02 Å². The van der Waals surface area contributed by atoms with Gasteiger partial charge in [0.25, 0.3) is 5.91 Å². The standard InChI is InChI=1S/C23H29ClN4O6/c1-11(2)19(27-21(32)13-4-6-17(25)16(24)8-13)23(34)28-15-5-3-12(7-15)20(28)22(33)26-14(10-29)9-18(30)31/h4,6,8,10-12,14-15,19-20H,3,5,7,9,25H2,1-2H3,(H,26,33)(H,27,32)(H,30,31)/t12-,14-,15-,19-,20-/m0/s1. The number of nitrogen functional groups attached to an aromatic ring is 1. The number of nitrogens with one attached hydrogen (secondary N) is 2. The third kappa shape index (κ3) is 5.32. The lowest BCUT2D eigenvalue weighted by atomic mass is 9.95. The molecule has 1 heterocycles. The van der Waals surface area contributed by atoms with Gasteiger partial charge in [-0.2, -0.15) is 0 Å². The van der Waals surface area contributed by atoms with Gasteiger partial charge in [0, 0.05) is 11.6 Å². The maximum atomic E-state index is 13.6. The second kappa shape index (κ2) is 10.4. The molecule has 11 heteroatoms. The molecule has 2 aliphatic rings. The third-order valence-electron chi connectivity index (χ3n) is 6.48. The zero-order valence-corrected chi connectivity index (χ0v) is 19.7. The highest BCUT2D eigenvalue weighted by atomic mass is 35.5. The molecule has 3 rings (SSSR count). The van der Waals surface area contributed by atoms with Crippen LogP contribution in [0.1, 0.15) is 49.9 Å². The number of rotatable bonds is 9. The number of likely N-dealkylation sites (tertiary alicyclic amines) is 1. The van der Waals surface area contributed by atoms with Gasteiger partial charge in [-0.05, 0) is 49.3 Å². The summed E-state index contributed by atoms with van der Waals surface area (Å²) in [5, 5.41) is 14.4. The number of carbonyl (C=O) groups is 5. The number of fused-ring (bicyclic) bond motifs is 2. The van der Waals surface area contributed by atoms with Gasteiger partial charge in [0.1, 0.15) is 18.4 Å². The quantitative estimate of drug-likeness (QED) is 0.298. The molecule has 1 aromatic carbocycles. The van der Waals surface area contributed by atoms with E-state index in [1.54, 1.807) is 13.8 Å². The zero-order chi connectivity index (χ0) is 25.2. The molecule has 1 saturated carbocycles. The monoisotopic (exact) mass is 492 g/mol. The minimum absolute atomic E-state index is 0.0921. The lowest BCUT2D eigenvalue weighted by Crippen LogP contribution is -2.60. The Morgan fingerprint density at radius 1 is 1.24 bits per heavy atom. The van der Waals surface area contributed by atoms with Crippen LogP contribution in [0.15, 0.2) is 18.2 Å². The van der Waals surface area contributed by atoms with Crippen LogP contribution in [-0.2, 0) is 19.2 Å². The van der Waals surface area contributed by atoms with E-state index in [9.17, 15) is 24.0 Å². The number of aliphatic carboxylic acids is 1. The molecule has 5 atom stereocenters. The Morgan fingerprint density at radius 2 is 1.94 bits per heavy atom. The van der Waals surface area contributed by atoms with Gasteiger partial charge in [0.2, 0.25) is 11.8 Å². The van der Waals surface area contributed by atoms with Crippen molar-refractivity contribution in [3.05, 3.63) is 28.8 Å². The van der Waals surface area contributed by atoms with Gasteiger partial charge in [0.05, 0.1) is 23.2 Å². The molecule has 0 spiro atoms. The summed E-state index contributed by atoms with van der Waals surface area (Å²) in [5.74, 6) is -3.04. The number of hydrogen-bond donors (Lipinski definition) is 4. The Kier molecular flexibility index (Phi) is 7.81. The Bertz CT molecular complexity index is 1000. The molecule has 10 nitrogen and oxygen atoms in total. The van der Waals surface area contributed by atoms with Crippen LogP contribution >= 0.6 is 11.6 Å². The maximum absolute atomic E-state index is 13.6. The first-order chi connectivity index (χ1) is 16.0. The van der Waals surface area contributed by atoms with Gasteiger partial charge in [-0.15, -0.1) is 0 Å². The number of carbonyl (C=O) groups excluding carboxylic acids is 4. The van der Waals surface area contributed by atoms with Crippen molar-refractivity contribution in [2.75, 3.05) is 5.73 Å². The topological polar surface area (TPSA) is 159 Å². The first-order valence-corrected chi connectivity index (χ1v) is 11.6. The first-order valence-electron chi connectivity index (χ1n) is 11.2. The summed E-state index contributed by atoms with van der Waals surface area (Å²) in [4.78, 5) is 63.2. The average molecular weight is 493 g/mol. The molecular weight excluding hydrogens is 464 g/mol. The fraction of sp³-hybridized carbons (Fsp3) is 0.522. The van der Waals surface area contributed by atoms with Crippen molar-refractivity contribution in [2.24, 2.45) is 11.8 Å². The lowest BCUT2D eigenvalue weighted by molar-refractivity contribution is -0.146. The molecule has 184 valence electrons. The second-order valence-electron chi connectivity index (χ2n) is 9.20. The highest BCUT2D eigenvalue weighted by Gasteiger charge is 2.52. The molecule has 1 saturated heterocycles. The Labute approximate surface area is 202 Å². The molecular formula is C23H29ClN4O6. The number of piperidine rings is 1. The number of carboxylic acids is 1. The van der Waals surface area contributed by atoms with Crippen LogP contribution < -0.4 is 16.4 Å². The van der Waals surface area contributed by atoms with Crippen LogP contribution in [0.5, 0.6) is 0 Å². The fourth-order valence-electron chi connectivity index (χ4n) is 4.80. The fourth-order valence-corrected chi connectivity index (χ4v) is 4.98. The molecule has 1 aromatic rings. The molecule has 3 amide bonds. The number of aldehydes is 1. The van der Waals surface area contributed by atoms with Gasteiger partial charge in [-0.3, -0.25) is 19.2 Å². The van der Waals surface area contributed by atoms with E-state index in [4.69, 9.17) is 22.4 Å². The van der Waals surface area contributed by atoms with Gasteiger partial charge < -0.3 is 31.2 Å². The van der Waals surface area contributed by atoms with E-state index in [1.807, 2.05) is 0 Å². The minimum Gasteiger partial charge on any atom is -0.481 e. The van der Waals surface area contributed by atoms with E-state index in [0.29, 0.717) is 18.4 Å². The van der Waals surface area contributed by atoms with Gasteiger partial charge in [-0.25, -0.2) is 0 Å².